The molecule has 1 unspecified atom stereocenters. The minimum atomic E-state index is -0.378. The molecule has 2 bridgehead atoms. The van der Waals surface area contributed by atoms with Crippen LogP contribution in [0.1, 0.15) is 12.8 Å². The minimum Gasteiger partial charge on any atom is -0.375 e. The molecule has 0 spiro atoms. The van der Waals surface area contributed by atoms with E-state index in [4.69, 9.17) is 0 Å². The van der Waals surface area contributed by atoms with Crippen molar-refractivity contribution in [2.24, 2.45) is 5.92 Å². The Morgan fingerprint density at radius 2 is 2.22 bits per heavy atom. The lowest BCUT2D eigenvalue weighted by Crippen LogP contribution is -2.53. The molecular weight excluding hydrogens is 232 g/mol. The van der Waals surface area contributed by atoms with Crippen LogP contribution >= 0.6 is 0 Å². The predicted molar refractivity (Wildman–Crippen MR) is 67.5 cm³/mol. The number of piperidine rings is 3. The summed E-state index contributed by atoms with van der Waals surface area (Å²) < 4.78 is 0. The van der Waals surface area contributed by atoms with Crippen molar-refractivity contribution in [3.8, 4) is 0 Å². The van der Waals surface area contributed by atoms with Crippen LogP contribution in [0.25, 0.3) is 0 Å². The van der Waals surface area contributed by atoms with E-state index in [1.54, 1.807) is 12.3 Å². The average molecular weight is 248 g/mol. The Morgan fingerprint density at radius 3 is 2.83 bits per heavy atom. The Morgan fingerprint density at radius 1 is 1.44 bits per heavy atom. The van der Waals surface area contributed by atoms with Crippen LogP contribution in [0.3, 0.4) is 0 Å². The molecule has 1 aromatic heterocycles. The molecule has 3 fully saturated rings. The standard InChI is InChI=1S/C12H16N4O2/c17-16(18)12-7-13-4-1-10(12)14-11-8-15-5-2-9(11)3-6-15/h1,4,7,9,11H,2-3,5-6,8H2,(H,13,14). The number of nitro groups is 1. The number of hydrogen-bond donors (Lipinski definition) is 1. The van der Waals surface area contributed by atoms with Crippen LogP contribution in [-0.4, -0.2) is 40.5 Å². The van der Waals surface area contributed by atoms with Gasteiger partial charge in [-0.25, -0.2) is 0 Å². The van der Waals surface area contributed by atoms with Gasteiger partial charge >= 0.3 is 5.69 Å². The molecule has 3 saturated heterocycles. The topological polar surface area (TPSA) is 71.3 Å². The molecule has 1 atom stereocenters. The first-order valence-electron chi connectivity index (χ1n) is 6.31. The number of hydrogen-bond acceptors (Lipinski definition) is 5. The summed E-state index contributed by atoms with van der Waals surface area (Å²) in [6.07, 6.45) is 5.29. The quantitative estimate of drug-likeness (QED) is 0.648. The first kappa shape index (κ1) is 11.4. The smallest absolute Gasteiger partial charge is 0.310 e. The largest absolute Gasteiger partial charge is 0.375 e. The maximum absolute atomic E-state index is 10.9. The summed E-state index contributed by atoms with van der Waals surface area (Å²) in [5, 5.41) is 14.3. The van der Waals surface area contributed by atoms with Gasteiger partial charge in [0.15, 0.2) is 0 Å². The van der Waals surface area contributed by atoms with E-state index >= 15 is 0 Å². The van der Waals surface area contributed by atoms with Crippen LogP contribution < -0.4 is 5.32 Å². The van der Waals surface area contributed by atoms with Crippen molar-refractivity contribution in [1.29, 1.82) is 0 Å². The van der Waals surface area contributed by atoms with Gasteiger partial charge < -0.3 is 10.2 Å². The number of nitrogens with one attached hydrogen (secondary N) is 1. The van der Waals surface area contributed by atoms with Crippen LogP contribution in [0.15, 0.2) is 18.5 Å². The van der Waals surface area contributed by atoms with Gasteiger partial charge in [0.1, 0.15) is 11.9 Å². The van der Waals surface area contributed by atoms with Gasteiger partial charge in [-0.2, -0.15) is 0 Å². The molecule has 6 nitrogen and oxygen atoms in total. The Kier molecular flexibility index (Phi) is 2.87. The highest BCUT2D eigenvalue weighted by molar-refractivity contribution is 5.60. The molecule has 0 aromatic carbocycles. The van der Waals surface area contributed by atoms with Crippen molar-refractivity contribution in [2.75, 3.05) is 25.0 Å². The van der Waals surface area contributed by atoms with Crippen LogP contribution in [0.5, 0.6) is 0 Å². The van der Waals surface area contributed by atoms with Crippen molar-refractivity contribution in [3.63, 3.8) is 0 Å². The van der Waals surface area contributed by atoms with Gasteiger partial charge in [0, 0.05) is 18.8 Å². The molecule has 0 aliphatic carbocycles. The second kappa shape index (κ2) is 4.53. The summed E-state index contributed by atoms with van der Waals surface area (Å²) in [5.74, 6) is 0.641. The molecule has 4 rings (SSSR count). The Hall–Kier alpha value is -1.69. The van der Waals surface area contributed by atoms with Crippen molar-refractivity contribution >= 4 is 11.4 Å². The zero-order valence-corrected chi connectivity index (χ0v) is 10.1. The molecule has 18 heavy (non-hydrogen) atoms. The van der Waals surface area contributed by atoms with Crippen molar-refractivity contribution in [1.82, 2.24) is 9.88 Å². The average Bonchev–Trinajstić information content (AvgIpc) is 2.40. The minimum absolute atomic E-state index is 0.0638. The lowest BCUT2D eigenvalue weighted by Gasteiger charge is -2.45. The summed E-state index contributed by atoms with van der Waals surface area (Å²) in [7, 11) is 0. The Labute approximate surface area is 105 Å². The highest BCUT2D eigenvalue weighted by atomic mass is 16.6. The summed E-state index contributed by atoms with van der Waals surface area (Å²) in [4.78, 5) is 16.8. The molecule has 96 valence electrons. The lowest BCUT2D eigenvalue weighted by atomic mass is 9.84. The van der Waals surface area contributed by atoms with E-state index in [0.717, 1.165) is 6.54 Å². The molecule has 0 saturated carbocycles. The molecule has 0 amide bonds. The van der Waals surface area contributed by atoms with E-state index in [-0.39, 0.29) is 10.6 Å². The number of nitrogens with zero attached hydrogens (tertiary/aromatic N) is 3. The summed E-state index contributed by atoms with van der Waals surface area (Å²) in [5.41, 5.74) is 0.655. The fraction of sp³-hybridized carbons (Fsp3) is 0.583. The van der Waals surface area contributed by atoms with Gasteiger partial charge in [-0.1, -0.05) is 0 Å². The lowest BCUT2D eigenvalue weighted by molar-refractivity contribution is -0.384. The molecular formula is C12H16N4O2. The van der Waals surface area contributed by atoms with Crippen LogP contribution in [-0.2, 0) is 0 Å². The van der Waals surface area contributed by atoms with Crippen molar-refractivity contribution in [3.05, 3.63) is 28.6 Å². The fourth-order valence-corrected chi connectivity index (χ4v) is 2.98. The highest BCUT2D eigenvalue weighted by Crippen LogP contribution is 2.31. The number of aromatic nitrogens is 1. The van der Waals surface area contributed by atoms with Crippen molar-refractivity contribution < 1.29 is 4.92 Å². The highest BCUT2D eigenvalue weighted by Gasteiger charge is 2.34. The number of pyridine rings is 1. The summed E-state index contributed by atoms with van der Waals surface area (Å²) in [6.45, 7) is 3.33. The maximum Gasteiger partial charge on any atom is 0.310 e. The zero-order valence-electron chi connectivity index (χ0n) is 10.1. The Balaban J connectivity index is 1.78. The third kappa shape index (κ3) is 2.03. The maximum atomic E-state index is 10.9. The van der Waals surface area contributed by atoms with Gasteiger partial charge in [0.2, 0.25) is 0 Å². The second-order valence-electron chi connectivity index (χ2n) is 5.04. The normalized spacial score (nSPS) is 30.1. The fourth-order valence-electron chi connectivity index (χ4n) is 2.98. The third-order valence-electron chi connectivity index (χ3n) is 3.99. The summed E-state index contributed by atoms with van der Waals surface area (Å²) >= 11 is 0. The zero-order chi connectivity index (χ0) is 12.5. The molecule has 1 aromatic rings. The van der Waals surface area contributed by atoms with Crippen LogP contribution in [0.2, 0.25) is 0 Å². The van der Waals surface area contributed by atoms with E-state index in [1.165, 1.54) is 32.1 Å². The van der Waals surface area contributed by atoms with E-state index < -0.39 is 0 Å². The third-order valence-corrected chi connectivity index (χ3v) is 3.99. The second-order valence-corrected chi connectivity index (χ2v) is 5.04. The molecule has 6 heteroatoms. The molecule has 3 aliphatic rings. The SMILES string of the molecule is O=[N+]([O-])c1cnccc1NC1CN2CCC1CC2. The molecule has 0 radical (unpaired) electrons. The monoisotopic (exact) mass is 248 g/mol. The molecule has 4 heterocycles. The van der Waals surface area contributed by atoms with Gasteiger partial charge in [-0.15, -0.1) is 0 Å². The van der Waals surface area contributed by atoms with Crippen LogP contribution in [0.4, 0.5) is 11.4 Å². The van der Waals surface area contributed by atoms with Gasteiger partial charge in [-0.05, 0) is 37.9 Å². The molecule has 1 N–H and O–H groups in total. The van der Waals surface area contributed by atoms with E-state index in [2.05, 4.69) is 15.2 Å². The number of anilines is 1. The van der Waals surface area contributed by atoms with E-state index in [1.807, 2.05) is 0 Å². The predicted octanol–water partition coefficient (Wildman–Crippen LogP) is 1.50. The first-order chi connectivity index (χ1) is 8.74. The summed E-state index contributed by atoms with van der Waals surface area (Å²) in [6, 6.07) is 2.02. The first-order valence-corrected chi connectivity index (χ1v) is 6.31. The van der Waals surface area contributed by atoms with Gasteiger partial charge in [0.25, 0.3) is 0 Å². The van der Waals surface area contributed by atoms with Crippen molar-refractivity contribution in [2.45, 2.75) is 18.9 Å². The number of rotatable bonds is 3. The van der Waals surface area contributed by atoms with Gasteiger partial charge in [0.05, 0.1) is 4.92 Å². The number of fused-ring (bicyclic) bond motifs is 3. The Bertz CT molecular complexity index is 457. The molecule has 3 aliphatic heterocycles. The van der Waals surface area contributed by atoms with E-state index in [0.29, 0.717) is 17.6 Å². The van der Waals surface area contributed by atoms with E-state index in [9.17, 15) is 10.1 Å². The van der Waals surface area contributed by atoms with Crippen LogP contribution in [0, 0.1) is 16.0 Å². The van der Waals surface area contributed by atoms with Gasteiger partial charge in [-0.3, -0.25) is 15.1 Å².